The number of hydrogen-bond acceptors (Lipinski definition) is 7. The smallest absolute Gasteiger partial charge is 0.258 e. The highest BCUT2D eigenvalue weighted by Crippen LogP contribution is 2.30. The van der Waals surface area contributed by atoms with Gasteiger partial charge in [-0.15, -0.1) is 0 Å². The van der Waals surface area contributed by atoms with E-state index in [1.54, 1.807) is 24.3 Å². The number of nitrogens with zero attached hydrogens (tertiary/aromatic N) is 3. The molecule has 5 N–H and O–H groups in total. The van der Waals surface area contributed by atoms with Crippen LogP contribution in [0.5, 0.6) is 0 Å². The third kappa shape index (κ3) is 6.52. The van der Waals surface area contributed by atoms with Crippen molar-refractivity contribution in [3.63, 3.8) is 0 Å². The Morgan fingerprint density at radius 2 is 1.89 bits per heavy atom. The molecular formula is C24H25F2N7OS. The molecule has 0 radical (unpaired) electrons. The zero-order valence-electron chi connectivity index (χ0n) is 19.0. The number of halogens is 2. The van der Waals surface area contributed by atoms with Crippen LogP contribution in [0.3, 0.4) is 0 Å². The van der Waals surface area contributed by atoms with E-state index in [4.69, 9.17) is 11.1 Å². The second-order valence-corrected chi connectivity index (χ2v) is 9.26. The number of amides is 1. The number of anilines is 3. The van der Waals surface area contributed by atoms with E-state index in [2.05, 4.69) is 25.5 Å². The van der Waals surface area contributed by atoms with E-state index in [1.807, 2.05) is 13.0 Å². The van der Waals surface area contributed by atoms with Crippen LogP contribution in [-0.2, 0) is 0 Å². The molecule has 1 aliphatic heterocycles. The van der Waals surface area contributed by atoms with E-state index in [0.717, 1.165) is 48.4 Å². The average molecular weight is 498 g/mol. The van der Waals surface area contributed by atoms with Crippen LogP contribution in [0.4, 0.5) is 26.1 Å². The lowest BCUT2D eigenvalue weighted by molar-refractivity contribution is 0.102. The van der Waals surface area contributed by atoms with E-state index < -0.39 is 17.5 Å². The molecular weight excluding hydrogens is 472 g/mol. The first-order chi connectivity index (χ1) is 16.8. The first-order valence-electron chi connectivity index (χ1n) is 11.1. The highest BCUT2D eigenvalue weighted by Gasteiger charge is 2.19. The summed E-state index contributed by atoms with van der Waals surface area (Å²) in [6, 6.07) is 11.3. The van der Waals surface area contributed by atoms with Gasteiger partial charge in [0.05, 0.1) is 5.56 Å². The second-order valence-electron chi connectivity index (χ2n) is 8.22. The molecule has 35 heavy (non-hydrogen) atoms. The van der Waals surface area contributed by atoms with Gasteiger partial charge >= 0.3 is 0 Å². The van der Waals surface area contributed by atoms with Crippen molar-refractivity contribution in [2.75, 3.05) is 28.6 Å². The van der Waals surface area contributed by atoms with Gasteiger partial charge in [-0.3, -0.25) is 10.2 Å². The van der Waals surface area contributed by atoms with Crippen molar-refractivity contribution in [1.29, 1.82) is 5.41 Å². The minimum absolute atomic E-state index is 0.142. The predicted octanol–water partition coefficient (Wildman–Crippen LogP) is 4.49. The average Bonchev–Trinajstić information content (AvgIpc) is 2.75. The normalized spacial score (nSPS) is 13.7. The highest BCUT2D eigenvalue weighted by molar-refractivity contribution is 7.99. The van der Waals surface area contributed by atoms with E-state index in [0.29, 0.717) is 23.1 Å². The maximum Gasteiger partial charge on any atom is 0.258 e. The van der Waals surface area contributed by atoms with Gasteiger partial charge < -0.3 is 21.3 Å². The number of hydrogen-bond donors (Lipinski definition) is 4. The second kappa shape index (κ2) is 10.8. The molecule has 2 aromatic carbocycles. The molecule has 1 unspecified atom stereocenters. The Morgan fingerprint density at radius 3 is 2.54 bits per heavy atom. The number of nitrogens with one attached hydrogen (secondary N) is 3. The molecule has 1 atom stereocenters. The van der Waals surface area contributed by atoms with Gasteiger partial charge in [-0.1, -0.05) is 0 Å². The van der Waals surface area contributed by atoms with E-state index in [-0.39, 0.29) is 17.4 Å². The van der Waals surface area contributed by atoms with Gasteiger partial charge in [0.15, 0.2) is 5.16 Å². The fourth-order valence-electron chi connectivity index (χ4n) is 3.34. The fourth-order valence-corrected chi connectivity index (χ4v) is 4.11. The standard InChI is InChI=1S/C24H25F2N7OS/c1-14(27)11-20(28)30-21-13-22(33-9-2-10-33)32-24(31-21)35-17-6-4-16(5-7-17)29-23(34)18-12-15(25)3-8-19(18)26/h3-8,12-14H,2,9-11,27H2,1H3,(H,29,34)(H2,28,30,31,32). The molecule has 182 valence electrons. The Balaban J connectivity index is 1.47. The third-order valence-electron chi connectivity index (χ3n) is 5.17. The summed E-state index contributed by atoms with van der Waals surface area (Å²) in [5, 5.41) is 14.2. The minimum Gasteiger partial charge on any atom is -0.356 e. The molecule has 0 aliphatic carbocycles. The molecule has 0 saturated carbocycles. The molecule has 1 amide bonds. The third-order valence-corrected chi connectivity index (χ3v) is 6.04. The quantitative estimate of drug-likeness (QED) is 0.206. The molecule has 8 nitrogen and oxygen atoms in total. The van der Waals surface area contributed by atoms with Gasteiger partial charge in [0.25, 0.3) is 5.91 Å². The topological polar surface area (TPSA) is 120 Å². The van der Waals surface area contributed by atoms with Gasteiger partial charge in [0, 0.05) is 42.2 Å². The molecule has 3 aromatic rings. The van der Waals surface area contributed by atoms with E-state index in [1.165, 1.54) is 11.8 Å². The molecule has 0 spiro atoms. The summed E-state index contributed by atoms with van der Waals surface area (Å²) >= 11 is 1.33. The number of aromatic nitrogens is 2. The van der Waals surface area contributed by atoms with Crippen LogP contribution in [0, 0.1) is 17.0 Å². The summed E-state index contributed by atoms with van der Waals surface area (Å²) < 4.78 is 27.2. The summed E-state index contributed by atoms with van der Waals surface area (Å²) in [7, 11) is 0. The number of rotatable bonds is 8. The Hall–Kier alpha value is -3.57. The lowest BCUT2D eigenvalue weighted by Crippen LogP contribution is -2.37. The van der Waals surface area contributed by atoms with Crippen molar-refractivity contribution in [2.45, 2.75) is 35.9 Å². The first kappa shape index (κ1) is 24.6. The van der Waals surface area contributed by atoms with Crippen molar-refractivity contribution in [2.24, 2.45) is 5.73 Å². The summed E-state index contributed by atoms with van der Waals surface area (Å²) in [4.78, 5) is 24.4. The summed E-state index contributed by atoms with van der Waals surface area (Å²) in [5.74, 6) is -0.641. The summed E-state index contributed by atoms with van der Waals surface area (Å²) in [6.45, 7) is 3.67. The van der Waals surface area contributed by atoms with Gasteiger partial charge in [0.1, 0.15) is 29.1 Å². The van der Waals surface area contributed by atoms with E-state index >= 15 is 0 Å². The van der Waals surface area contributed by atoms with Crippen LogP contribution in [0.1, 0.15) is 30.1 Å². The van der Waals surface area contributed by atoms with Gasteiger partial charge in [-0.25, -0.2) is 18.7 Å². The number of carbonyl (C=O) groups excluding carboxylic acids is 1. The molecule has 0 bridgehead atoms. The number of benzene rings is 2. The molecule has 1 saturated heterocycles. The first-order valence-corrected chi connectivity index (χ1v) is 11.9. The summed E-state index contributed by atoms with van der Waals surface area (Å²) in [5.41, 5.74) is 5.86. The molecule has 1 aromatic heterocycles. The Bertz CT molecular complexity index is 1230. The van der Waals surface area contributed by atoms with Crippen LogP contribution in [0.25, 0.3) is 0 Å². The highest BCUT2D eigenvalue weighted by atomic mass is 32.2. The lowest BCUT2D eigenvalue weighted by atomic mass is 10.2. The van der Waals surface area contributed by atoms with Crippen LogP contribution in [-0.4, -0.2) is 40.8 Å². The van der Waals surface area contributed by atoms with Crippen molar-refractivity contribution >= 4 is 40.8 Å². The van der Waals surface area contributed by atoms with Crippen LogP contribution in [0.2, 0.25) is 0 Å². The molecule has 1 aliphatic rings. The van der Waals surface area contributed by atoms with E-state index in [9.17, 15) is 13.6 Å². The largest absolute Gasteiger partial charge is 0.356 e. The minimum atomic E-state index is -0.797. The molecule has 4 rings (SSSR count). The predicted molar refractivity (Wildman–Crippen MR) is 133 cm³/mol. The van der Waals surface area contributed by atoms with Crippen LogP contribution >= 0.6 is 11.8 Å². The number of amidine groups is 1. The maximum absolute atomic E-state index is 13.8. The van der Waals surface area contributed by atoms with Gasteiger partial charge in [-0.05, 0) is 67.6 Å². The molecule has 11 heteroatoms. The number of nitrogens with two attached hydrogens (primary N) is 1. The van der Waals surface area contributed by atoms with Gasteiger partial charge in [-0.2, -0.15) is 0 Å². The maximum atomic E-state index is 13.8. The van der Waals surface area contributed by atoms with Crippen LogP contribution < -0.4 is 21.3 Å². The fraction of sp³-hybridized carbons (Fsp3) is 0.250. The van der Waals surface area contributed by atoms with Crippen molar-refractivity contribution in [3.8, 4) is 0 Å². The monoisotopic (exact) mass is 497 g/mol. The van der Waals surface area contributed by atoms with Gasteiger partial charge in [0.2, 0.25) is 0 Å². The molecule has 2 heterocycles. The zero-order chi connectivity index (χ0) is 24.9. The summed E-state index contributed by atoms with van der Waals surface area (Å²) in [6.07, 6.45) is 1.50. The SMILES string of the molecule is CC(N)CC(=N)Nc1cc(N2CCC2)nc(Sc2ccc(NC(=O)c3cc(F)ccc3F)cc2)n1. The Labute approximate surface area is 205 Å². The van der Waals surface area contributed by atoms with Crippen molar-refractivity contribution in [1.82, 2.24) is 9.97 Å². The van der Waals surface area contributed by atoms with Crippen molar-refractivity contribution in [3.05, 3.63) is 65.7 Å². The van der Waals surface area contributed by atoms with Crippen molar-refractivity contribution < 1.29 is 13.6 Å². The number of carbonyl (C=O) groups is 1. The lowest BCUT2D eigenvalue weighted by Gasteiger charge is -2.32. The Kier molecular flexibility index (Phi) is 7.57. The van der Waals surface area contributed by atoms with Crippen LogP contribution in [0.15, 0.2) is 58.6 Å². The Morgan fingerprint density at radius 1 is 1.14 bits per heavy atom. The zero-order valence-corrected chi connectivity index (χ0v) is 19.8. The molecule has 1 fully saturated rings.